The largest absolute Gasteiger partial charge is 0.494 e. The Kier molecular flexibility index (Phi) is 12.2. The van der Waals surface area contributed by atoms with Gasteiger partial charge in [-0.25, -0.2) is 0 Å². The normalized spacial score (nSPS) is 26.0. The fraction of sp³-hybridized carbons (Fsp3) is 0.750. The maximum absolute atomic E-state index is 9.93. The Morgan fingerprint density at radius 1 is 0.677 bits per heavy atom. The fourth-order valence-electron chi connectivity index (χ4n) is 3.66. The van der Waals surface area contributed by atoms with Gasteiger partial charge in [0.25, 0.3) is 0 Å². The van der Waals surface area contributed by atoms with Gasteiger partial charge in [-0.3, -0.25) is 0 Å². The van der Waals surface area contributed by atoms with Crippen LogP contribution in [0.4, 0.5) is 0 Å². The number of rotatable bonds is 15. The first-order chi connectivity index (χ1) is 15.0. The Labute approximate surface area is 186 Å². The van der Waals surface area contributed by atoms with Gasteiger partial charge in [0, 0.05) is 0 Å². The van der Waals surface area contributed by atoms with Crippen molar-refractivity contribution in [3.63, 3.8) is 0 Å². The molecule has 1 aromatic carbocycles. The van der Waals surface area contributed by atoms with Crippen molar-refractivity contribution >= 4 is 0 Å². The lowest BCUT2D eigenvalue weighted by molar-refractivity contribution is -0.285. The number of aliphatic hydroxyl groups excluding tert-OH is 4. The number of unbranched alkanes of at least 4 members (excludes halogenated alkanes) is 9. The summed E-state index contributed by atoms with van der Waals surface area (Å²) in [5.41, 5.74) is 0. The molecule has 0 aliphatic carbocycles. The van der Waals surface area contributed by atoms with Crippen molar-refractivity contribution in [2.45, 2.75) is 102 Å². The third kappa shape index (κ3) is 9.33. The molecule has 1 aliphatic heterocycles. The Hall–Kier alpha value is -1.38. The molecule has 31 heavy (non-hydrogen) atoms. The summed E-state index contributed by atoms with van der Waals surface area (Å²) in [5.74, 6) is 1.32. The molecule has 1 aromatic rings. The van der Waals surface area contributed by atoms with Gasteiger partial charge in [0.15, 0.2) is 6.29 Å². The van der Waals surface area contributed by atoms with E-state index in [9.17, 15) is 20.4 Å². The number of hydrogen-bond donors (Lipinski definition) is 4. The van der Waals surface area contributed by atoms with E-state index in [1.165, 1.54) is 57.8 Å². The van der Waals surface area contributed by atoms with E-state index in [4.69, 9.17) is 14.2 Å². The number of hydrogen-bond acceptors (Lipinski definition) is 7. The Morgan fingerprint density at radius 2 is 1.19 bits per heavy atom. The van der Waals surface area contributed by atoms with Gasteiger partial charge in [0.2, 0.25) is 0 Å². The van der Waals surface area contributed by atoms with Crippen molar-refractivity contribution in [1.29, 1.82) is 0 Å². The van der Waals surface area contributed by atoms with E-state index in [1.807, 2.05) is 12.1 Å². The molecule has 2 rings (SSSR count). The quantitative estimate of drug-likeness (QED) is 0.310. The van der Waals surface area contributed by atoms with E-state index in [0.29, 0.717) is 12.4 Å². The van der Waals surface area contributed by atoms with Crippen LogP contribution in [-0.2, 0) is 4.74 Å². The summed E-state index contributed by atoms with van der Waals surface area (Å²) in [5, 5.41) is 38.7. The maximum atomic E-state index is 9.93. The van der Waals surface area contributed by atoms with Crippen LogP contribution >= 0.6 is 0 Å². The fourth-order valence-corrected chi connectivity index (χ4v) is 3.66. The first-order valence-corrected chi connectivity index (χ1v) is 11.8. The molecule has 5 atom stereocenters. The summed E-state index contributed by atoms with van der Waals surface area (Å²) in [4.78, 5) is 0. The molecule has 1 aliphatic rings. The lowest BCUT2D eigenvalue weighted by Gasteiger charge is -2.38. The number of aliphatic hydroxyl groups is 4. The molecule has 0 amide bonds. The van der Waals surface area contributed by atoms with Crippen LogP contribution in [0.15, 0.2) is 24.3 Å². The molecule has 7 heteroatoms. The highest BCUT2D eigenvalue weighted by Gasteiger charge is 2.43. The van der Waals surface area contributed by atoms with Crippen molar-refractivity contribution in [3.05, 3.63) is 24.3 Å². The molecule has 178 valence electrons. The smallest absolute Gasteiger partial charge is 0.184 e. The molecule has 4 N–H and O–H groups in total. The Morgan fingerprint density at radius 3 is 1.77 bits per heavy atom. The van der Waals surface area contributed by atoms with Gasteiger partial charge in [-0.1, -0.05) is 64.7 Å². The van der Waals surface area contributed by atoms with Crippen molar-refractivity contribution < 1.29 is 34.6 Å². The van der Waals surface area contributed by atoms with Crippen LogP contribution in [0.3, 0.4) is 0 Å². The molecule has 0 aromatic heterocycles. The van der Waals surface area contributed by atoms with Crippen molar-refractivity contribution in [2.24, 2.45) is 0 Å². The Bertz CT molecular complexity index is 580. The lowest BCUT2D eigenvalue weighted by atomic mass is 9.99. The zero-order valence-electron chi connectivity index (χ0n) is 18.7. The molecular formula is C24H40O7. The first-order valence-electron chi connectivity index (χ1n) is 11.8. The third-order valence-electron chi connectivity index (χ3n) is 5.69. The van der Waals surface area contributed by atoms with Crippen LogP contribution in [0.25, 0.3) is 0 Å². The summed E-state index contributed by atoms with van der Waals surface area (Å²) in [6.45, 7) is 2.87. The van der Waals surface area contributed by atoms with Gasteiger partial charge in [-0.05, 0) is 30.7 Å². The predicted octanol–water partition coefficient (Wildman–Crippen LogP) is 3.17. The van der Waals surface area contributed by atoms with Crippen LogP contribution in [0.1, 0.15) is 71.1 Å². The molecule has 0 unspecified atom stereocenters. The van der Waals surface area contributed by atoms with Gasteiger partial charge in [0.1, 0.15) is 42.5 Å². The maximum Gasteiger partial charge on any atom is 0.184 e. The van der Waals surface area contributed by atoms with E-state index in [2.05, 4.69) is 6.92 Å². The van der Waals surface area contributed by atoms with Crippen molar-refractivity contribution in [2.75, 3.05) is 13.2 Å². The molecule has 7 nitrogen and oxygen atoms in total. The standard InChI is InChI=1S/C24H40O7/c1-2-3-4-5-6-7-8-9-10-11-16-29-18-12-14-19(15-13-18)30-17-20-21(25)22(26)23(27)24(28)31-20/h12-15,20-28H,2-11,16-17H2,1H3/t20-,21+,22+,23-,24+/m1/s1. The van der Waals surface area contributed by atoms with Crippen molar-refractivity contribution in [3.8, 4) is 11.5 Å². The minimum Gasteiger partial charge on any atom is -0.494 e. The van der Waals surface area contributed by atoms with E-state index >= 15 is 0 Å². The Balaban J connectivity index is 1.55. The van der Waals surface area contributed by atoms with Gasteiger partial charge in [-0.2, -0.15) is 0 Å². The first kappa shape index (κ1) is 25.9. The van der Waals surface area contributed by atoms with Gasteiger partial charge >= 0.3 is 0 Å². The summed E-state index contributed by atoms with van der Waals surface area (Å²) >= 11 is 0. The summed E-state index contributed by atoms with van der Waals surface area (Å²) in [6, 6.07) is 7.14. The van der Waals surface area contributed by atoms with Gasteiger partial charge in [0.05, 0.1) is 6.61 Å². The highest BCUT2D eigenvalue weighted by Crippen LogP contribution is 2.22. The molecular weight excluding hydrogens is 400 g/mol. The summed E-state index contributed by atoms with van der Waals surface area (Å²) < 4.78 is 16.4. The summed E-state index contributed by atoms with van der Waals surface area (Å²) in [6.07, 6.45) is 6.04. The molecule has 1 saturated heterocycles. The minimum atomic E-state index is -1.56. The molecule has 1 fully saturated rings. The highest BCUT2D eigenvalue weighted by molar-refractivity contribution is 5.31. The molecule has 0 bridgehead atoms. The van der Waals surface area contributed by atoms with Crippen LogP contribution < -0.4 is 9.47 Å². The van der Waals surface area contributed by atoms with E-state index in [0.717, 1.165) is 12.2 Å². The predicted molar refractivity (Wildman–Crippen MR) is 118 cm³/mol. The molecule has 1 heterocycles. The zero-order chi connectivity index (χ0) is 22.5. The number of ether oxygens (including phenoxy) is 3. The van der Waals surface area contributed by atoms with Crippen molar-refractivity contribution in [1.82, 2.24) is 0 Å². The minimum absolute atomic E-state index is 0.0686. The average Bonchev–Trinajstić information content (AvgIpc) is 2.78. The number of benzene rings is 1. The highest BCUT2D eigenvalue weighted by atomic mass is 16.6. The van der Waals surface area contributed by atoms with E-state index < -0.39 is 30.7 Å². The van der Waals surface area contributed by atoms with E-state index in [1.54, 1.807) is 12.1 Å². The average molecular weight is 441 g/mol. The monoisotopic (exact) mass is 440 g/mol. The molecule has 0 spiro atoms. The zero-order valence-corrected chi connectivity index (χ0v) is 18.7. The van der Waals surface area contributed by atoms with E-state index in [-0.39, 0.29) is 6.61 Å². The van der Waals surface area contributed by atoms with Gasteiger partial charge < -0.3 is 34.6 Å². The second-order valence-corrected chi connectivity index (χ2v) is 8.35. The SMILES string of the molecule is CCCCCCCCCCCCOc1ccc(OC[C@H]2O[C@H](O)[C@H](O)[C@@H](O)[C@H]2O)cc1. The van der Waals surface area contributed by atoms with Crippen LogP contribution in [-0.4, -0.2) is 64.3 Å². The molecule has 0 saturated carbocycles. The van der Waals surface area contributed by atoms with Gasteiger partial charge in [-0.15, -0.1) is 0 Å². The van der Waals surface area contributed by atoms with Crippen LogP contribution in [0.2, 0.25) is 0 Å². The second kappa shape index (κ2) is 14.6. The second-order valence-electron chi connectivity index (χ2n) is 8.35. The third-order valence-corrected chi connectivity index (χ3v) is 5.69. The van der Waals surface area contributed by atoms with Crippen LogP contribution in [0.5, 0.6) is 11.5 Å². The summed E-state index contributed by atoms with van der Waals surface area (Å²) in [7, 11) is 0. The lowest BCUT2D eigenvalue weighted by Crippen LogP contribution is -2.58. The molecule has 0 radical (unpaired) electrons. The van der Waals surface area contributed by atoms with Crippen LogP contribution in [0, 0.1) is 0 Å². The topological polar surface area (TPSA) is 109 Å².